The van der Waals surface area contributed by atoms with Crippen LogP contribution in [0.3, 0.4) is 0 Å². The second-order valence-corrected chi connectivity index (χ2v) is 4.93. The van der Waals surface area contributed by atoms with Crippen LogP contribution >= 0.6 is 11.6 Å². The summed E-state index contributed by atoms with van der Waals surface area (Å²) in [6.45, 7) is 0.813. The number of benzene rings is 1. The van der Waals surface area contributed by atoms with Crippen molar-refractivity contribution >= 4 is 29.1 Å². The van der Waals surface area contributed by atoms with E-state index in [0.29, 0.717) is 23.7 Å². The van der Waals surface area contributed by atoms with Gasteiger partial charge in [0, 0.05) is 29.7 Å². The molecule has 1 heterocycles. The van der Waals surface area contributed by atoms with Gasteiger partial charge < -0.3 is 16.0 Å². The van der Waals surface area contributed by atoms with Crippen LogP contribution in [-0.2, 0) is 9.59 Å². The SMILES string of the molecule is O=C(CNCC1CCC(=O)N1)Nc1cccc(Cl)c1. The van der Waals surface area contributed by atoms with Crippen LogP contribution in [0.5, 0.6) is 0 Å². The van der Waals surface area contributed by atoms with Crippen molar-refractivity contribution < 1.29 is 9.59 Å². The molecule has 0 saturated carbocycles. The summed E-state index contributed by atoms with van der Waals surface area (Å²) in [7, 11) is 0. The number of amides is 2. The molecule has 1 atom stereocenters. The zero-order chi connectivity index (χ0) is 13.7. The Morgan fingerprint density at radius 2 is 2.32 bits per heavy atom. The Bertz CT molecular complexity index is 479. The molecule has 1 saturated heterocycles. The van der Waals surface area contributed by atoms with Gasteiger partial charge in [0.25, 0.3) is 0 Å². The number of halogens is 1. The van der Waals surface area contributed by atoms with Gasteiger partial charge in [-0.15, -0.1) is 0 Å². The number of hydrogen-bond donors (Lipinski definition) is 3. The molecular weight excluding hydrogens is 266 g/mol. The molecule has 0 spiro atoms. The standard InChI is InChI=1S/C13H16ClN3O2/c14-9-2-1-3-10(6-9)16-13(19)8-15-7-11-4-5-12(18)17-11/h1-3,6,11,15H,4-5,7-8H2,(H,16,19)(H,17,18). The third kappa shape index (κ3) is 4.54. The molecule has 1 fully saturated rings. The van der Waals surface area contributed by atoms with Crippen LogP contribution in [0.4, 0.5) is 5.69 Å². The van der Waals surface area contributed by atoms with Crippen LogP contribution in [0.15, 0.2) is 24.3 Å². The normalized spacial score (nSPS) is 18.2. The number of anilines is 1. The van der Waals surface area contributed by atoms with Crippen LogP contribution < -0.4 is 16.0 Å². The lowest BCUT2D eigenvalue weighted by atomic mass is 10.2. The summed E-state index contributed by atoms with van der Waals surface area (Å²) in [6, 6.07) is 7.13. The van der Waals surface area contributed by atoms with Gasteiger partial charge in [-0.2, -0.15) is 0 Å². The number of nitrogens with one attached hydrogen (secondary N) is 3. The van der Waals surface area contributed by atoms with Gasteiger partial charge in [-0.1, -0.05) is 17.7 Å². The Hall–Kier alpha value is -1.59. The third-order valence-corrected chi connectivity index (χ3v) is 3.10. The van der Waals surface area contributed by atoms with Gasteiger partial charge in [-0.3, -0.25) is 9.59 Å². The summed E-state index contributed by atoms with van der Waals surface area (Å²) in [5.74, 6) is -0.0539. The Morgan fingerprint density at radius 3 is 3.00 bits per heavy atom. The topological polar surface area (TPSA) is 70.2 Å². The van der Waals surface area contributed by atoms with Crippen molar-refractivity contribution in [3.8, 4) is 0 Å². The molecule has 0 aliphatic carbocycles. The van der Waals surface area contributed by atoms with Crippen molar-refractivity contribution in [3.05, 3.63) is 29.3 Å². The Kier molecular flexibility index (Phi) is 4.76. The van der Waals surface area contributed by atoms with E-state index in [2.05, 4.69) is 16.0 Å². The minimum atomic E-state index is -0.133. The molecule has 5 nitrogen and oxygen atoms in total. The molecule has 1 aliphatic rings. The number of carbonyl (C=O) groups is 2. The van der Waals surface area contributed by atoms with Crippen LogP contribution in [0.25, 0.3) is 0 Å². The molecule has 1 aliphatic heterocycles. The van der Waals surface area contributed by atoms with E-state index in [-0.39, 0.29) is 24.4 Å². The lowest BCUT2D eigenvalue weighted by Crippen LogP contribution is -2.38. The fourth-order valence-corrected chi connectivity index (χ4v) is 2.15. The van der Waals surface area contributed by atoms with E-state index in [1.807, 2.05) is 0 Å². The predicted molar refractivity (Wildman–Crippen MR) is 74.1 cm³/mol. The molecule has 1 unspecified atom stereocenters. The van der Waals surface area contributed by atoms with Gasteiger partial charge in [-0.05, 0) is 24.6 Å². The Morgan fingerprint density at radius 1 is 1.47 bits per heavy atom. The highest BCUT2D eigenvalue weighted by atomic mass is 35.5. The molecule has 0 aromatic heterocycles. The van der Waals surface area contributed by atoms with Gasteiger partial charge in [0.1, 0.15) is 0 Å². The van der Waals surface area contributed by atoms with Crippen molar-refractivity contribution in [2.45, 2.75) is 18.9 Å². The van der Waals surface area contributed by atoms with Crippen molar-refractivity contribution in [2.75, 3.05) is 18.4 Å². The molecule has 0 radical (unpaired) electrons. The van der Waals surface area contributed by atoms with E-state index in [1.165, 1.54) is 0 Å². The molecule has 19 heavy (non-hydrogen) atoms. The second kappa shape index (κ2) is 6.54. The van der Waals surface area contributed by atoms with E-state index < -0.39 is 0 Å². The van der Waals surface area contributed by atoms with Crippen LogP contribution in [0, 0.1) is 0 Å². The Labute approximate surface area is 116 Å². The largest absolute Gasteiger partial charge is 0.352 e. The molecule has 1 aromatic rings. The second-order valence-electron chi connectivity index (χ2n) is 4.49. The molecule has 2 amide bonds. The van der Waals surface area contributed by atoms with Gasteiger partial charge in [0.15, 0.2) is 0 Å². The van der Waals surface area contributed by atoms with Gasteiger partial charge in [-0.25, -0.2) is 0 Å². The van der Waals surface area contributed by atoms with Gasteiger partial charge in [0.05, 0.1) is 6.54 Å². The summed E-state index contributed by atoms with van der Waals surface area (Å²) < 4.78 is 0. The predicted octanol–water partition coefficient (Wildman–Crippen LogP) is 1.15. The highest BCUT2D eigenvalue weighted by Crippen LogP contribution is 2.14. The average Bonchev–Trinajstić information content (AvgIpc) is 2.75. The maximum absolute atomic E-state index is 11.7. The van der Waals surface area contributed by atoms with Crippen molar-refractivity contribution in [1.29, 1.82) is 0 Å². The third-order valence-electron chi connectivity index (χ3n) is 2.87. The first-order valence-electron chi connectivity index (χ1n) is 6.19. The first kappa shape index (κ1) is 13.8. The van der Waals surface area contributed by atoms with Crippen LogP contribution in [-0.4, -0.2) is 30.9 Å². The monoisotopic (exact) mass is 281 g/mol. The van der Waals surface area contributed by atoms with Crippen LogP contribution in [0.2, 0.25) is 5.02 Å². The average molecular weight is 282 g/mol. The fourth-order valence-electron chi connectivity index (χ4n) is 1.96. The smallest absolute Gasteiger partial charge is 0.238 e. The van der Waals surface area contributed by atoms with Crippen molar-refractivity contribution in [3.63, 3.8) is 0 Å². The van der Waals surface area contributed by atoms with Crippen molar-refractivity contribution in [1.82, 2.24) is 10.6 Å². The lowest BCUT2D eigenvalue weighted by molar-refractivity contribution is -0.119. The molecular formula is C13H16ClN3O2. The first-order chi connectivity index (χ1) is 9.13. The minimum absolute atomic E-state index is 0.0789. The van der Waals surface area contributed by atoms with Gasteiger partial charge >= 0.3 is 0 Å². The van der Waals surface area contributed by atoms with Gasteiger partial charge in [0.2, 0.25) is 11.8 Å². The highest BCUT2D eigenvalue weighted by molar-refractivity contribution is 6.30. The maximum Gasteiger partial charge on any atom is 0.238 e. The quantitative estimate of drug-likeness (QED) is 0.758. The molecule has 0 bridgehead atoms. The highest BCUT2D eigenvalue weighted by Gasteiger charge is 2.20. The number of carbonyl (C=O) groups excluding carboxylic acids is 2. The summed E-state index contributed by atoms with van der Waals surface area (Å²) in [4.78, 5) is 22.7. The summed E-state index contributed by atoms with van der Waals surface area (Å²) in [6.07, 6.45) is 1.39. The molecule has 3 N–H and O–H groups in total. The van der Waals surface area contributed by atoms with Crippen LogP contribution in [0.1, 0.15) is 12.8 Å². The van der Waals surface area contributed by atoms with E-state index in [1.54, 1.807) is 24.3 Å². The molecule has 2 rings (SSSR count). The Balaban J connectivity index is 1.68. The molecule has 1 aromatic carbocycles. The summed E-state index contributed by atoms with van der Waals surface area (Å²) in [5.41, 5.74) is 0.675. The maximum atomic E-state index is 11.7. The van der Waals surface area contributed by atoms with E-state index in [9.17, 15) is 9.59 Å². The van der Waals surface area contributed by atoms with Crippen molar-refractivity contribution in [2.24, 2.45) is 0 Å². The summed E-state index contributed by atoms with van der Waals surface area (Å²) in [5, 5.41) is 9.18. The number of hydrogen-bond acceptors (Lipinski definition) is 3. The number of rotatable bonds is 5. The zero-order valence-electron chi connectivity index (χ0n) is 10.4. The molecule has 102 valence electrons. The molecule has 6 heteroatoms. The van der Waals surface area contributed by atoms with E-state index >= 15 is 0 Å². The zero-order valence-corrected chi connectivity index (χ0v) is 11.2. The fraction of sp³-hybridized carbons (Fsp3) is 0.385. The summed E-state index contributed by atoms with van der Waals surface area (Å²) >= 11 is 5.83. The van der Waals surface area contributed by atoms with E-state index in [0.717, 1.165) is 6.42 Å². The first-order valence-corrected chi connectivity index (χ1v) is 6.57. The minimum Gasteiger partial charge on any atom is -0.352 e. The lowest BCUT2D eigenvalue weighted by Gasteiger charge is -2.11. The van der Waals surface area contributed by atoms with E-state index in [4.69, 9.17) is 11.6 Å².